The third-order valence-electron chi connectivity index (χ3n) is 14.7. The molecule has 4 saturated heterocycles. The van der Waals surface area contributed by atoms with Crippen LogP contribution in [-0.4, -0.2) is 226 Å². The number of ether oxygens (including phenoxy) is 12. The molecule has 27 heteroatoms. The van der Waals surface area contributed by atoms with Crippen molar-refractivity contribution in [3.63, 3.8) is 0 Å². The van der Waals surface area contributed by atoms with Crippen molar-refractivity contribution in [2.45, 2.75) is 130 Å². The number of carbonyl (C=O) groups is 6. The molecule has 0 bridgehead atoms. The van der Waals surface area contributed by atoms with Crippen LogP contribution in [-0.2, 0) is 61.6 Å². The van der Waals surface area contributed by atoms with E-state index in [9.17, 15) is 69.6 Å². The lowest BCUT2D eigenvalue weighted by atomic mass is 9.94. The van der Waals surface area contributed by atoms with Crippen molar-refractivity contribution in [2.24, 2.45) is 0 Å². The van der Waals surface area contributed by atoms with E-state index in [4.69, 9.17) is 56.8 Å². The standard InChI is InChI=1S/C61H65NO26/c1-31(65)62-41-44(68)47(86-60-46(70)45(69)42(66)37(27-63)80-60)38(28-64)81-59(41)88-49-43(67)39(29-77-53(71)32-17-7-2-8-18-32)82-61(52(49)85-57(75)36-25-15-6-16-26-36)87-48-40(30-78-54(72)33-19-9-3-10-20-33)79-58(76)51(84-56(74)35-23-13-5-14-24-35)50(48)83-55(73)34-21-11-4-12-22-34/h2-26,37-52,58-61,63-64,66-70,76H,27-30H2,1H3,(H,62,65)/t37?,38?,39?,40?,41-,42-,43-,44?,45?,46-,47+,48+,49?,50-,51?,52-,58+,59-,60-,61-/m0/s1. The van der Waals surface area contributed by atoms with Crippen LogP contribution >= 0.6 is 0 Å². The summed E-state index contributed by atoms with van der Waals surface area (Å²) in [4.78, 5) is 83.1. The summed E-state index contributed by atoms with van der Waals surface area (Å²) < 4.78 is 73.1. The van der Waals surface area contributed by atoms with Gasteiger partial charge in [0.15, 0.2) is 43.5 Å². The van der Waals surface area contributed by atoms with Crippen LogP contribution in [0.15, 0.2) is 152 Å². The van der Waals surface area contributed by atoms with Crippen molar-refractivity contribution in [3.8, 4) is 0 Å². The predicted octanol–water partition coefficient (Wildman–Crippen LogP) is -0.281. The zero-order valence-electron chi connectivity index (χ0n) is 46.7. The van der Waals surface area contributed by atoms with Gasteiger partial charge in [0.05, 0.1) is 41.0 Å². The van der Waals surface area contributed by atoms with Gasteiger partial charge < -0.3 is 103 Å². The first-order chi connectivity index (χ1) is 42.4. The summed E-state index contributed by atoms with van der Waals surface area (Å²) in [6.45, 7) is -2.58. The van der Waals surface area contributed by atoms with Crippen LogP contribution in [0.3, 0.4) is 0 Å². The lowest BCUT2D eigenvalue weighted by Gasteiger charge is -2.50. The molecular weight excluding hydrogens is 1160 g/mol. The SMILES string of the molecule is CC(=O)N[C@H]1C(O)[C@H](O[C@@H]2OC(CO)[C@H](O)C(O)[C@@H]2O)C(CO)O[C@H]1OC1[C@@H](O)C(COC(=O)c2ccccc2)O[C@@H](O[C@@H]2C(COC(=O)c3ccccc3)O[C@@H](O)C(OC(=O)c3ccccc3)[C@H]2OC(=O)c2ccccc2)[C@H]1OC(=O)c1ccccc1. The normalized spacial score (nSPS) is 32.1. The second-order valence-electron chi connectivity index (χ2n) is 20.7. The fraction of sp³-hybridized carbons (Fsp3) is 0.410. The summed E-state index contributed by atoms with van der Waals surface area (Å²) in [5.74, 6) is -6.00. The van der Waals surface area contributed by atoms with Gasteiger partial charge in [-0.25, -0.2) is 24.0 Å². The number of esters is 5. The first-order valence-corrected chi connectivity index (χ1v) is 27.8. The number of amides is 1. The Morgan fingerprint density at radius 1 is 0.375 bits per heavy atom. The van der Waals surface area contributed by atoms with Crippen molar-refractivity contribution < 1.29 is 126 Å². The lowest BCUT2D eigenvalue weighted by molar-refractivity contribution is -0.378. The Bertz CT molecular complexity index is 3100. The second kappa shape index (κ2) is 30.0. The van der Waals surface area contributed by atoms with Gasteiger partial charge in [-0.05, 0) is 60.7 Å². The first-order valence-electron chi connectivity index (χ1n) is 27.8. The van der Waals surface area contributed by atoms with E-state index >= 15 is 0 Å². The molecule has 0 radical (unpaired) electrons. The van der Waals surface area contributed by atoms with Gasteiger partial charge in [-0.2, -0.15) is 0 Å². The van der Waals surface area contributed by atoms with Crippen molar-refractivity contribution in [3.05, 3.63) is 179 Å². The topological polar surface area (TPSA) is 387 Å². The average molecular weight is 1230 g/mol. The van der Waals surface area contributed by atoms with E-state index in [1.54, 1.807) is 54.6 Å². The van der Waals surface area contributed by atoms with Crippen molar-refractivity contribution in [2.75, 3.05) is 26.4 Å². The smallest absolute Gasteiger partial charge is 0.338 e. The Balaban J connectivity index is 1.14. The number of carbonyl (C=O) groups excluding carboxylic acids is 6. The zero-order chi connectivity index (χ0) is 62.6. The van der Waals surface area contributed by atoms with Gasteiger partial charge in [0, 0.05) is 6.92 Å². The molecular formula is C61H65NO26. The summed E-state index contributed by atoms with van der Waals surface area (Å²) in [7, 11) is 0. The minimum Gasteiger partial charge on any atom is -0.459 e. The molecule has 27 nitrogen and oxygen atoms in total. The highest BCUT2D eigenvalue weighted by Crippen LogP contribution is 2.38. The molecule has 0 saturated carbocycles. The van der Waals surface area contributed by atoms with E-state index < -0.39 is 185 Å². The molecule has 8 unspecified atom stereocenters. The molecule has 470 valence electrons. The zero-order valence-corrected chi connectivity index (χ0v) is 46.7. The molecule has 0 aliphatic carbocycles. The van der Waals surface area contributed by atoms with Gasteiger partial charge in [0.1, 0.15) is 92.5 Å². The van der Waals surface area contributed by atoms with Gasteiger partial charge in [0.2, 0.25) is 5.91 Å². The average Bonchev–Trinajstić information content (AvgIpc) is 1.41. The van der Waals surface area contributed by atoms with Crippen LogP contribution in [0.25, 0.3) is 0 Å². The van der Waals surface area contributed by atoms with Crippen LogP contribution in [0, 0.1) is 0 Å². The fourth-order valence-corrected chi connectivity index (χ4v) is 10.2. The van der Waals surface area contributed by atoms with Crippen molar-refractivity contribution >= 4 is 35.8 Å². The van der Waals surface area contributed by atoms with Crippen molar-refractivity contribution in [1.82, 2.24) is 5.32 Å². The molecule has 1 amide bonds. The van der Waals surface area contributed by atoms with Crippen LogP contribution in [0.5, 0.6) is 0 Å². The lowest BCUT2D eigenvalue weighted by Crippen LogP contribution is -2.70. The van der Waals surface area contributed by atoms with Gasteiger partial charge in [0.25, 0.3) is 0 Å². The molecule has 0 spiro atoms. The first kappa shape index (κ1) is 64.8. The quantitative estimate of drug-likeness (QED) is 0.0337. The van der Waals surface area contributed by atoms with E-state index in [2.05, 4.69) is 5.32 Å². The summed E-state index contributed by atoms with van der Waals surface area (Å²) in [6, 6.07) is 35.5. The second-order valence-corrected chi connectivity index (χ2v) is 20.7. The Morgan fingerprint density at radius 3 is 1.24 bits per heavy atom. The number of hydrogen-bond donors (Lipinski definition) is 9. The number of nitrogens with one attached hydrogen (secondary N) is 1. The third-order valence-corrected chi connectivity index (χ3v) is 14.7. The molecule has 9 N–H and O–H groups in total. The van der Waals surface area contributed by atoms with E-state index in [-0.39, 0.29) is 27.8 Å². The number of aliphatic hydroxyl groups excluding tert-OH is 8. The van der Waals surface area contributed by atoms with Crippen LogP contribution < -0.4 is 5.32 Å². The molecule has 20 atom stereocenters. The van der Waals surface area contributed by atoms with Crippen LogP contribution in [0.1, 0.15) is 58.7 Å². The Morgan fingerprint density at radius 2 is 0.773 bits per heavy atom. The van der Waals surface area contributed by atoms with Gasteiger partial charge in [-0.1, -0.05) is 91.0 Å². The van der Waals surface area contributed by atoms with Crippen LogP contribution in [0.2, 0.25) is 0 Å². The molecule has 4 aliphatic heterocycles. The summed E-state index contributed by atoms with van der Waals surface area (Å²) in [6.07, 6.45) is -37.4. The molecule has 4 aliphatic rings. The molecule has 5 aromatic carbocycles. The maximum absolute atomic E-state index is 14.5. The number of rotatable bonds is 21. The van der Waals surface area contributed by atoms with E-state index in [1.165, 1.54) is 97.1 Å². The number of benzene rings is 5. The van der Waals surface area contributed by atoms with E-state index in [0.29, 0.717) is 0 Å². The molecule has 88 heavy (non-hydrogen) atoms. The summed E-state index contributed by atoms with van der Waals surface area (Å²) >= 11 is 0. The highest BCUT2D eigenvalue weighted by atomic mass is 16.8. The minimum atomic E-state index is -2.22. The highest BCUT2D eigenvalue weighted by Gasteiger charge is 2.59. The van der Waals surface area contributed by atoms with E-state index in [1.807, 2.05) is 0 Å². The fourth-order valence-electron chi connectivity index (χ4n) is 10.2. The van der Waals surface area contributed by atoms with Crippen LogP contribution in [0.4, 0.5) is 0 Å². The van der Waals surface area contributed by atoms with E-state index in [0.717, 1.165) is 6.92 Å². The molecule has 5 aromatic rings. The van der Waals surface area contributed by atoms with Gasteiger partial charge in [-0.15, -0.1) is 0 Å². The van der Waals surface area contributed by atoms with Gasteiger partial charge in [-0.3, -0.25) is 4.79 Å². The highest BCUT2D eigenvalue weighted by molar-refractivity contribution is 5.91. The Labute approximate surface area is 501 Å². The summed E-state index contributed by atoms with van der Waals surface area (Å²) in [5, 5.41) is 91.8. The minimum absolute atomic E-state index is 0.0348. The molecule has 4 fully saturated rings. The molecule has 0 aromatic heterocycles. The largest absolute Gasteiger partial charge is 0.459 e. The Kier molecular flexibility index (Phi) is 22.1. The van der Waals surface area contributed by atoms with Gasteiger partial charge >= 0.3 is 29.8 Å². The molecule has 4 heterocycles. The number of aliphatic hydroxyl groups is 8. The third kappa shape index (κ3) is 15.4. The van der Waals surface area contributed by atoms with Crippen molar-refractivity contribution in [1.29, 1.82) is 0 Å². The Hall–Kier alpha value is -7.68. The predicted molar refractivity (Wildman–Crippen MR) is 294 cm³/mol. The number of hydrogen-bond acceptors (Lipinski definition) is 26. The summed E-state index contributed by atoms with van der Waals surface area (Å²) in [5.41, 5.74) is -0.0990. The maximum Gasteiger partial charge on any atom is 0.338 e. The monoisotopic (exact) mass is 1230 g/mol. The molecule has 9 rings (SSSR count). The maximum atomic E-state index is 14.5.